The van der Waals surface area contributed by atoms with Crippen LogP contribution in [-0.4, -0.2) is 36.2 Å². The highest BCUT2D eigenvalue weighted by molar-refractivity contribution is 8.00. The van der Waals surface area contributed by atoms with Crippen molar-refractivity contribution in [2.24, 2.45) is 0 Å². The Morgan fingerprint density at radius 3 is 2.59 bits per heavy atom. The lowest BCUT2D eigenvalue weighted by molar-refractivity contribution is 0.404. The molecule has 0 aliphatic carbocycles. The van der Waals surface area contributed by atoms with Crippen LogP contribution in [0, 0.1) is 0 Å². The van der Waals surface area contributed by atoms with Crippen molar-refractivity contribution in [3.8, 4) is 0 Å². The third-order valence-corrected chi connectivity index (χ3v) is 5.88. The number of nitrogens with one attached hydrogen (secondary N) is 2. The molecular formula is C14H30N2S. The van der Waals surface area contributed by atoms with Gasteiger partial charge in [-0.3, -0.25) is 0 Å². The topological polar surface area (TPSA) is 24.1 Å². The van der Waals surface area contributed by atoms with E-state index in [1.807, 2.05) is 11.8 Å². The highest BCUT2D eigenvalue weighted by Gasteiger charge is 2.25. The molecule has 0 aromatic rings. The monoisotopic (exact) mass is 258 g/mol. The van der Waals surface area contributed by atoms with E-state index in [0.717, 1.165) is 12.6 Å². The van der Waals surface area contributed by atoms with Gasteiger partial charge in [0.1, 0.15) is 0 Å². The average molecular weight is 258 g/mol. The zero-order valence-corrected chi connectivity index (χ0v) is 12.8. The molecule has 2 unspecified atom stereocenters. The molecule has 1 aliphatic rings. The summed E-state index contributed by atoms with van der Waals surface area (Å²) in [7, 11) is 0. The van der Waals surface area contributed by atoms with Crippen molar-refractivity contribution in [1.29, 1.82) is 0 Å². The van der Waals surface area contributed by atoms with Gasteiger partial charge in [0.25, 0.3) is 0 Å². The highest BCUT2D eigenvalue weighted by atomic mass is 32.2. The molecule has 0 aromatic heterocycles. The van der Waals surface area contributed by atoms with Gasteiger partial charge in [0.05, 0.1) is 0 Å². The Bertz CT molecular complexity index is 190. The fourth-order valence-electron chi connectivity index (χ4n) is 2.69. The van der Waals surface area contributed by atoms with Crippen molar-refractivity contribution in [3.63, 3.8) is 0 Å². The van der Waals surface area contributed by atoms with E-state index in [4.69, 9.17) is 0 Å². The molecule has 0 aromatic carbocycles. The molecule has 2 N–H and O–H groups in total. The van der Waals surface area contributed by atoms with Gasteiger partial charge in [-0.25, -0.2) is 0 Å². The maximum atomic E-state index is 3.74. The Morgan fingerprint density at radius 2 is 2.12 bits per heavy atom. The second-order valence-electron chi connectivity index (χ2n) is 5.41. The molecule has 1 saturated heterocycles. The Kier molecular flexibility index (Phi) is 6.90. The lowest BCUT2D eigenvalue weighted by Gasteiger charge is -2.32. The van der Waals surface area contributed by atoms with E-state index in [2.05, 4.69) is 37.7 Å². The van der Waals surface area contributed by atoms with Gasteiger partial charge in [-0.15, -0.1) is 0 Å². The highest BCUT2D eigenvalue weighted by Crippen LogP contribution is 2.29. The Morgan fingerprint density at radius 1 is 1.41 bits per heavy atom. The molecule has 0 radical (unpaired) electrons. The van der Waals surface area contributed by atoms with Crippen molar-refractivity contribution >= 4 is 11.8 Å². The van der Waals surface area contributed by atoms with Gasteiger partial charge in [-0.1, -0.05) is 13.8 Å². The van der Waals surface area contributed by atoms with E-state index < -0.39 is 0 Å². The summed E-state index contributed by atoms with van der Waals surface area (Å²) >= 11 is 2.02. The van der Waals surface area contributed by atoms with E-state index in [1.54, 1.807) is 0 Å². The van der Waals surface area contributed by atoms with E-state index >= 15 is 0 Å². The van der Waals surface area contributed by atoms with Gasteiger partial charge in [0.15, 0.2) is 0 Å². The summed E-state index contributed by atoms with van der Waals surface area (Å²) in [6, 6.07) is 1.39. The predicted molar refractivity (Wildman–Crippen MR) is 79.9 cm³/mol. The smallest absolute Gasteiger partial charge is 0.0276 e. The fourth-order valence-corrected chi connectivity index (χ4v) is 3.49. The fraction of sp³-hybridized carbons (Fsp3) is 1.00. The molecule has 0 spiro atoms. The minimum absolute atomic E-state index is 0.442. The van der Waals surface area contributed by atoms with Gasteiger partial charge in [0, 0.05) is 23.4 Å². The maximum Gasteiger partial charge on any atom is 0.0276 e. The molecular weight excluding hydrogens is 228 g/mol. The summed E-state index contributed by atoms with van der Waals surface area (Å²) in [6.07, 6.45) is 8.76. The third kappa shape index (κ3) is 4.80. The summed E-state index contributed by atoms with van der Waals surface area (Å²) in [6.45, 7) is 9.32. The molecule has 1 heterocycles. The molecule has 1 aliphatic heterocycles. The summed E-state index contributed by atoms with van der Waals surface area (Å²) in [4.78, 5) is 0. The molecule has 2 nitrogen and oxygen atoms in total. The summed E-state index contributed by atoms with van der Waals surface area (Å²) in [5.41, 5.74) is 0. The average Bonchev–Trinajstić information content (AvgIpc) is 2.84. The molecule has 3 heteroatoms. The van der Waals surface area contributed by atoms with Crippen molar-refractivity contribution in [2.75, 3.05) is 19.3 Å². The molecule has 0 amide bonds. The SMILES string of the molecule is CCC(CC)(CNC(C)CC1CCCN1)SC. The van der Waals surface area contributed by atoms with E-state index in [1.165, 1.54) is 38.6 Å². The second-order valence-corrected chi connectivity index (χ2v) is 6.68. The first kappa shape index (κ1) is 15.3. The Balaban J connectivity index is 2.27. The molecule has 1 fully saturated rings. The van der Waals surface area contributed by atoms with Crippen LogP contribution in [0.25, 0.3) is 0 Å². The second kappa shape index (κ2) is 7.65. The van der Waals surface area contributed by atoms with Crippen LogP contribution in [0.4, 0.5) is 0 Å². The van der Waals surface area contributed by atoms with Crippen LogP contribution < -0.4 is 10.6 Å². The lowest BCUT2D eigenvalue weighted by Crippen LogP contribution is -2.42. The molecule has 2 atom stereocenters. The van der Waals surface area contributed by atoms with E-state index in [9.17, 15) is 0 Å². The van der Waals surface area contributed by atoms with Gasteiger partial charge in [-0.05, 0) is 51.8 Å². The number of thioether (sulfide) groups is 1. The molecule has 17 heavy (non-hydrogen) atoms. The molecule has 0 bridgehead atoms. The summed E-state index contributed by atoms with van der Waals surface area (Å²) in [5.74, 6) is 0. The predicted octanol–water partition coefficient (Wildman–Crippen LogP) is 3.03. The van der Waals surface area contributed by atoms with Crippen LogP contribution in [0.15, 0.2) is 0 Å². The quantitative estimate of drug-likeness (QED) is 0.700. The van der Waals surface area contributed by atoms with Gasteiger partial charge in [-0.2, -0.15) is 11.8 Å². The van der Waals surface area contributed by atoms with Crippen molar-refractivity contribution in [2.45, 2.75) is 69.7 Å². The standard InChI is InChI=1S/C14H30N2S/c1-5-14(6-2,17-4)11-16-12(3)10-13-8-7-9-15-13/h12-13,15-16H,5-11H2,1-4H3. The molecule has 102 valence electrons. The van der Waals surface area contributed by atoms with Gasteiger partial charge >= 0.3 is 0 Å². The van der Waals surface area contributed by atoms with Gasteiger partial charge < -0.3 is 10.6 Å². The zero-order chi connectivity index (χ0) is 12.7. The van der Waals surface area contributed by atoms with Crippen molar-refractivity contribution < 1.29 is 0 Å². The van der Waals surface area contributed by atoms with Gasteiger partial charge in [0.2, 0.25) is 0 Å². The van der Waals surface area contributed by atoms with Crippen LogP contribution in [0.2, 0.25) is 0 Å². The first-order valence-corrected chi connectivity index (χ1v) is 8.40. The van der Waals surface area contributed by atoms with Crippen molar-refractivity contribution in [1.82, 2.24) is 10.6 Å². The Hall–Kier alpha value is 0.270. The Labute approximate surface area is 112 Å². The van der Waals surface area contributed by atoms with E-state index in [-0.39, 0.29) is 0 Å². The van der Waals surface area contributed by atoms with Crippen LogP contribution in [0.5, 0.6) is 0 Å². The number of hydrogen-bond donors (Lipinski definition) is 2. The number of hydrogen-bond acceptors (Lipinski definition) is 3. The van der Waals surface area contributed by atoms with Crippen LogP contribution in [0.3, 0.4) is 0 Å². The molecule has 0 saturated carbocycles. The van der Waals surface area contributed by atoms with Crippen molar-refractivity contribution in [3.05, 3.63) is 0 Å². The third-order valence-electron chi connectivity index (χ3n) is 4.29. The van der Waals surface area contributed by atoms with Crippen LogP contribution in [-0.2, 0) is 0 Å². The van der Waals surface area contributed by atoms with E-state index in [0.29, 0.717) is 10.8 Å². The number of rotatable bonds is 8. The zero-order valence-electron chi connectivity index (χ0n) is 12.0. The lowest BCUT2D eigenvalue weighted by atomic mass is 10.0. The summed E-state index contributed by atoms with van der Waals surface area (Å²) < 4.78 is 0.442. The largest absolute Gasteiger partial charge is 0.314 e. The first-order chi connectivity index (χ1) is 8.15. The van der Waals surface area contributed by atoms with Crippen LogP contribution in [0.1, 0.15) is 52.9 Å². The first-order valence-electron chi connectivity index (χ1n) is 7.17. The molecule has 1 rings (SSSR count). The normalized spacial score (nSPS) is 22.9. The minimum atomic E-state index is 0.442. The summed E-state index contributed by atoms with van der Waals surface area (Å²) in [5, 5.41) is 7.32. The minimum Gasteiger partial charge on any atom is -0.314 e. The van der Waals surface area contributed by atoms with Crippen LogP contribution >= 0.6 is 11.8 Å². The maximum absolute atomic E-state index is 3.74.